The maximum Gasteiger partial charge on any atom is 0.306 e. The normalized spacial score (nSPS) is 13.1. The van der Waals surface area contributed by atoms with Crippen LogP contribution in [0.1, 0.15) is 19.0 Å². The second-order valence-corrected chi connectivity index (χ2v) is 4.35. The van der Waals surface area contributed by atoms with Crippen molar-refractivity contribution in [3.8, 4) is 0 Å². The zero-order valence-corrected chi connectivity index (χ0v) is 9.20. The van der Waals surface area contributed by atoms with Gasteiger partial charge in [0, 0.05) is 24.2 Å². The van der Waals surface area contributed by atoms with Gasteiger partial charge in [0.2, 0.25) is 0 Å². The van der Waals surface area contributed by atoms with Gasteiger partial charge in [0.25, 0.3) is 0 Å². The molecule has 0 saturated heterocycles. The summed E-state index contributed by atoms with van der Waals surface area (Å²) in [5, 5.41) is 10.9. The molecule has 0 aromatic carbocycles. The van der Waals surface area contributed by atoms with Crippen LogP contribution in [0.4, 0.5) is 0 Å². The summed E-state index contributed by atoms with van der Waals surface area (Å²) in [4.78, 5) is 16.1. The first-order chi connectivity index (χ1) is 7.20. The maximum absolute atomic E-state index is 10.9. The zero-order chi connectivity index (χ0) is 10.8. The molecule has 4 nitrogen and oxygen atoms in total. The van der Waals surface area contributed by atoms with Crippen LogP contribution in [0, 0.1) is 5.92 Å². The molecule has 2 aromatic heterocycles. The van der Waals surface area contributed by atoms with Gasteiger partial charge in [-0.1, -0.05) is 6.92 Å². The summed E-state index contributed by atoms with van der Waals surface area (Å²) in [6.45, 7) is 1.89. The fraction of sp³-hybridized carbons (Fsp3) is 0.400. The quantitative estimate of drug-likeness (QED) is 0.864. The van der Waals surface area contributed by atoms with E-state index in [1.807, 2.05) is 29.1 Å². The average Bonchev–Trinajstić information content (AvgIpc) is 2.72. The van der Waals surface area contributed by atoms with Crippen molar-refractivity contribution >= 4 is 22.3 Å². The Morgan fingerprint density at radius 1 is 1.73 bits per heavy atom. The molecule has 1 unspecified atom stereocenters. The second kappa shape index (κ2) is 4.02. The summed E-state index contributed by atoms with van der Waals surface area (Å²) in [6.07, 6.45) is 4.98. The largest absolute Gasteiger partial charge is 0.481 e. The molecule has 0 amide bonds. The smallest absolute Gasteiger partial charge is 0.306 e. The van der Waals surface area contributed by atoms with Crippen molar-refractivity contribution in [2.45, 2.75) is 19.8 Å². The Labute approximate surface area is 91.2 Å². The van der Waals surface area contributed by atoms with E-state index in [1.165, 1.54) is 0 Å². The molecule has 80 valence electrons. The number of carboxylic acid groups (broad SMARTS) is 1. The molecule has 15 heavy (non-hydrogen) atoms. The highest BCUT2D eigenvalue weighted by atomic mass is 32.1. The van der Waals surface area contributed by atoms with E-state index in [4.69, 9.17) is 5.11 Å². The fourth-order valence-electron chi connectivity index (χ4n) is 1.53. The van der Waals surface area contributed by atoms with E-state index >= 15 is 0 Å². The summed E-state index contributed by atoms with van der Waals surface area (Å²) >= 11 is 1.56. The summed E-state index contributed by atoms with van der Waals surface area (Å²) in [7, 11) is 0. The van der Waals surface area contributed by atoms with Crippen LogP contribution in [0.2, 0.25) is 0 Å². The van der Waals surface area contributed by atoms with E-state index < -0.39 is 5.97 Å². The van der Waals surface area contributed by atoms with Crippen molar-refractivity contribution in [2.24, 2.45) is 5.92 Å². The first-order valence-corrected chi connectivity index (χ1v) is 5.72. The number of carbonyl (C=O) groups is 1. The Morgan fingerprint density at radius 2 is 2.53 bits per heavy atom. The van der Waals surface area contributed by atoms with Gasteiger partial charge in [-0.3, -0.25) is 9.20 Å². The summed E-state index contributed by atoms with van der Waals surface area (Å²) < 4.78 is 1.93. The van der Waals surface area contributed by atoms with Crippen LogP contribution in [0.3, 0.4) is 0 Å². The number of fused-ring (bicyclic) bond motifs is 1. The van der Waals surface area contributed by atoms with E-state index in [1.54, 1.807) is 11.3 Å². The molecular formula is C10H12N2O2S. The number of aliphatic carboxylic acids is 1. The number of nitrogens with zero attached hydrogens (tertiary/aromatic N) is 2. The van der Waals surface area contributed by atoms with Gasteiger partial charge in [-0.2, -0.15) is 0 Å². The predicted octanol–water partition coefficient (Wildman–Crippen LogP) is 2.05. The van der Waals surface area contributed by atoms with Gasteiger partial charge in [0.15, 0.2) is 4.96 Å². The van der Waals surface area contributed by atoms with E-state index in [9.17, 15) is 4.79 Å². The SMILES string of the molecule is CCC(Cc1cn2ccsc2n1)C(=O)O. The minimum atomic E-state index is -0.742. The minimum Gasteiger partial charge on any atom is -0.481 e. The Balaban J connectivity index is 2.17. The number of carboxylic acids is 1. The second-order valence-electron chi connectivity index (χ2n) is 3.47. The van der Waals surface area contributed by atoms with Crippen LogP contribution < -0.4 is 0 Å². The highest BCUT2D eigenvalue weighted by Gasteiger charge is 2.17. The zero-order valence-electron chi connectivity index (χ0n) is 8.38. The predicted molar refractivity (Wildman–Crippen MR) is 58.2 cm³/mol. The molecule has 0 saturated carbocycles. The molecule has 0 radical (unpaired) electrons. The number of hydrogen-bond acceptors (Lipinski definition) is 3. The van der Waals surface area contributed by atoms with Gasteiger partial charge in [-0.05, 0) is 6.42 Å². The molecule has 0 bridgehead atoms. The standard InChI is InChI=1S/C10H12N2O2S/c1-2-7(9(13)14)5-8-6-12-3-4-15-10(12)11-8/h3-4,6-7H,2,5H2,1H3,(H,13,14). The molecule has 0 aliphatic heterocycles. The molecule has 2 heterocycles. The van der Waals surface area contributed by atoms with Gasteiger partial charge in [0.1, 0.15) is 0 Å². The third-order valence-corrected chi connectivity index (χ3v) is 3.21. The fourth-order valence-corrected chi connectivity index (χ4v) is 2.25. The minimum absolute atomic E-state index is 0.324. The van der Waals surface area contributed by atoms with Crippen LogP contribution in [-0.4, -0.2) is 20.5 Å². The average molecular weight is 224 g/mol. The highest BCUT2D eigenvalue weighted by Crippen LogP contribution is 2.16. The number of hydrogen-bond donors (Lipinski definition) is 1. The van der Waals surface area contributed by atoms with Crippen molar-refractivity contribution in [1.82, 2.24) is 9.38 Å². The van der Waals surface area contributed by atoms with E-state index in [2.05, 4.69) is 4.98 Å². The van der Waals surface area contributed by atoms with Crippen LogP contribution in [0.15, 0.2) is 17.8 Å². The van der Waals surface area contributed by atoms with Crippen molar-refractivity contribution in [3.63, 3.8) is 0 Å². The van der Waals surface area contributed by atoms with E-state index in [0.29, 0.717) is 12.8 Å². The highest BCUT2D eigenvalue weighted by molar-refractivity contribution is 7.15. The summed E-state index contributed by atoms with van der Waals surface area (Å²) in [5.74, 6) is -1.07. The van der Waals surface area contributed by atoms with Crippen LogP contribution in [0.5, 0.6) is 0 Å². The van der Waals surface area contributed by atoms with E-state index in [0.717, 1.165) is 10.7 Å². The number of thiazole rings is 1. The lowest BCUT2D eigenvalue weighted by Crippen LogP contribution is -2.15. The number of imidazole rings is 1. The monoisotopic (exact) mass is 224 g/mol. The Morgan fingerprint density at radius 3 is 3.13 bits per heavy atom. The van der Waals surface area contributed by atoms with Crippen molar-refractivity contribution in [1.29, 1.82) is 0 Å². The lowest BCUT2D eigenvalue weighted by atomic mass is 10.0. The number of aromatic nitrogens is 2. The number of rotatable bonds is 4. The van der Waals surface area contributed by atoms with Gasteiger partial charge < -0.3 is 5.11 Å². The molecule has 2 aromatic rings. The third kappa shape index (κ3) is 2.02. The van der Waals surface area contributed by atoms with Crippen LogP contribution in [0.25, 0.3) is 4.96 Å². The van der Waals surface area contributed by atoms with Gasteiger partial charge >= 0.3 is 5.97 Å². The van der Waals surface area contributed by atoms with Gasteiger partial charge in [-0.25, -0.2) is 4.98 Å². The first-order valence-electron chi connectivity index (χ1n) is 4.84. The Kier molecular flexibility index (Phi) is 2.73. The van der Waals surface area contributed by atoms with Gasteiger partial charge in [-0.15, -0.1) is 11.3 Å². The molecule has 0 aliphatic rings. The molecular weight excluding hydrogens is 212 g/mol. The summed E-state index contributed by atoms with van der Waals surface area (Å²) in [6, 6.07) is 0. The lowest BCUT2D eigenvalue weighted by molar-refractivity contribution is -0.141. The lowest BCUT2D eigenvalue weighted by Gasteiger charge is -2.06. The molecule has 2 rings (SSSR count). The van der Waals surface area contributed by atoms with E-state index in [-0.39, 0.29) is 5.92 Å². The first kappa shape index (κ1) is 10.2. The molecule has 0 fully saturated rings. The maximum atomic E-state index is 10.9. The van der Waals surface area contributed by atoms with Crippen molar-refractivity contribution < 1.29 is 9.90 Å². The topological polar surface area (TPSA) is 54.6 Å². The third-order valence-electron chi connectivity index (χ3n) is 2.44. The molecule has 1 atom stereocenters. The molecule has 0 spiro atoms. The van der Waals surface area contributed by atoms with Crippen LogP contribution >= 0.6 is 11.3 Å². The molecule has 0 aliphatic carbocycles. The Bertz CT molecular complexity index is 446. The van der Waals surface area contributed by atoms with Crippen LogP contribution in [-0.2, 0) is 11.2 Å². The van der Waals surface area contributed by atoms with Crippen molar-refractivity contribution in [3.05, 3.63) is 23.5 Å². The summed E-state index contributed by atoms with van der Waals surface area (Å²) in [5.41, 5.74) is 0.858. The van der Waals surface area contributed by atoms with Gasteiger partial charge in [0.05, 0.1) is 11.6 Å². The van der Waals surface area contributed by atoms with Crippen molar-refractivity contribution in [2.75, 3.05) is 0 Å². The molecule has 1 N–H and O–H groups in total. The Hall–Kier alpha value is -1.36. The molecule has 5 heteroatoms.